The molecule has 1 fully saturated rings. The Labute approximate surface area is 184 Å². The summed E-state index contributed by atoms with van der Waals surface area (Å²) in [5, 5.41) is 8.50. The van der Waals surface area contributed by atoms with Gasteiger partial charge >= 0.3 is 0 Å². The van der Waals surface area contributed by atoms with Crippen LogP contribution in [0.5, 0.6) is 5.75 Å². The van der Waals surface area contributed by atoms with Gasteiger partial charge in [0.2, 0.25) is 0 Å². The van der Waals surface area contributed by atoms with Crippen molar-refractivity contribution in [1.82, 2.24) is 25.1 Å². The minimum Gasteiger partial charge on any atom is -0.492 e. The number of aromatic nitrogens is 4. The Morgan fingerprint density at radius 3 is 2.55 bits per heavy atom. The largest absolute Gasteiger partial charge is 0.492 e. The van der Waals surface area contributed by atoms with Crippen LogP contribution in [0.15, 0.2) is 30.6 Å². The highest BCUT2D eigenvalue weighted by atomic mass is 16.5. The third-order valence-corrected chi connectivity index (χ3v) is 6.09. The minimum atomic E-state index is 0.715. The summed E-state index contributed by atoms with van der Waals surface area (Å²) in [5.74, 6) is 1.93. The number of aryl methyl sites for hydroxylation is 1. The SMILES string of the molecule is CCc1[nH]nc2ncnc(N3CCN(c4cccc(OCCN(CC)CC)c4)CC3)c12. The fourth-order valence-electron chi connectivity index (χ4n) is 4.17. The Bertz CT molecular complexity index is 977. The fourth-order valence-corrected chi connectivity index (χ4v) is 4.17. The first kappa shape index (κ1) is 21.4. The summed E-state index contributed by atoms with van der Waals surface area (Å²) in [4.78, 5) is 16.1. The normalized spacial score (nSPS) is 14.6. The molecule has 0 bridgehead atoms. The van der Waals surface area contributed by atoms with Gasteiger partial charge in [0.1, 0.15) is 24.5 Å². The molecule has 0 aliphatic carbocycles. The number of H-pyrrole nitrogens is 1. The van der Waals surface area contributed by atoms with Gasteiger partial charge in [-0.15, -0.1) is 0 Å². The first-order valence-electron chi connectivity index (χ1n) is 11.4. The van der Waals surface area contributed by atoms with Crippen LogP contribution in [-0.4, -0.2) is 77.5 Å². The zero-order valence-corrected chi connectivity index (χ0v) is 18.8. The summed E-state index contributed by atoms with van der Waals surface area (Å²) < 4.78 is 6.02. The molecule has 0 saturated carbocycles. The first-order chi connectivity index (χ1) is 15.2. The molecular formula is C23H33N7O. The van der Waals surface area contributed by atoms with Crippen molar-refractivity contribution in [3.8, 4) is 5.75 Å². The number of rotatable bonds is 9. The molecular weight excluding hydrogens is 390 g/mol. The van der Waals surface area contributed by atoms with Gasteiger partial charge in [-0.25, -0.2) is 9.97 Å². The second-order valence-electron chi connectivity index (χ2n) is 7.80. The molecule has 0 radical (unpaired) electrons. The molecule has 1 N–H and O–H groups in total. The van der Waals surface area contributed by atoms with Crippen molar-refractivity contribution in [2.75, 3.05) is 62.2 Å². The van der Waals surface area contributed by atoms with Gasteiger partial charge in [-0.3, -0.25) is 5.10 Å². The van der Waals surface area contributed by atoms with Crippen molar-refractivity contribution in [1.29, 1.82) is 0 Å². The first-order valence-corrected chi connectivity index (χ1v) is 11.4. The lowest BCUT2D eigenvalue weighted by atomic mass is 10.2. The lowest BCUT2D eigenvalue weighted by Gasteiger charge is -2.37. The molecule has 0 spiro atoms. The van der Waals surface area contributed by atoms with E-state index in [1.165, 1.54) is 5.69 Å². The van der Waals surface area contributed by atoms with Crippen LogP contribution >= 0.6 is 0 Å². The number of fused-ring (bicyclic) bond motifs is 1. The topological polar surface area (TPSA) is 73.4 Å². The number of nitrogens with zero attached hydrogens (tertiary/aromatic N) is 6. The van der Waals surface area contributed by atoms with Gasteiger partial charge in [0.15, 0.2) is 5.65 Å². The van der Waals surface area contributed by atoms with Crippen molar-refractivity contribution in [3.63, 3.8) is 0 Å². The summed E-state index contributed by atoms with van der Waals surface area (Å²) in [5.41, 5.74) is 3.06. The van der Waals surface area contributed by atoms with E-state index in [4.69, 9.17) is 4.74 Å². The van der Waals surface area contributed by atoms with Crippen molar-refractivity contribution in [3.05, 3.63) is 36.3 Å². The van der Waals surface area contributed by atoms with Crippen molar-refractivity contribution >= 4 is 22.5 Å². The predicted molar refractivity (Wildman–Crippen MR) is 125 cm³/mol. The van der Waals surface area contributed by atoms with Gasteiger partial charge < -0.3 is 19.4 Å². The van der Waals surface area contributed by atoms with E-state index < -0.39 is 0 Å². The van der Waals surface area contributed by atoms with E-state index in [1.807, 2.05) is 6.07 Å². The Morgan fingerprint density at radius 2 is 1.81 bits per heavy atom. The summed E-state index contributed by atoms with van der Waals surface area (Å²) in [6, 6.07) is 8.46. The molecule has 4 rings (SSSR count). The number of nitrogens with one attached hydrogen (secondary N) is 1. The second-order valence-corrected chi connectivity index (χ2v) is 7.80. The van der Waals surface area contributed by atoms with E-state index in [1.54, 1.807) is 6.33 Å². The summed E-state index contributed by atoms with van der Waals surface area (Å²) in [6.07, 6.45) is 2.50. The molecule has 3 aromatic rings. The highest BCUT2D eigenvalue weighted by molar-refractivity contribution is 5.89. The number of anilines is 2. The van der Waals surface area contributed by atoms with Crippen LogP contribution < -0.4 is 14.5 Å². The molecule has 0 unspecified atom stereocenters. The quantitative estimate of drug-likeness (QED) is 0.567. The average Bonchev–Trinajstić information content (AvgIpc) is 3.26. The molecule has 3 heterocycles. The van der Waals surface area contributed by atoms with Crippen molar-refractivity contribution in [2.45, 2.75) is 27.2 Å². The number of hydrogen-bond donors (Lipinski definition) is 1. The maximum Gasteiger partial charge on any atom is 0.186 e. The number of piperazine rings is 1. The van der Waals surface area contributed by atoms with Crippen LogP contribution in [0, 0.1) is 0 Å². The molecule has 1 aliphatic rings. The molecule has 0 amide bonds. The Balaban J connectivity index is 1.39. The Hall–Kier alpha value is -2.87. The van der Waals surface area contributed by atoms with E-state index in [0.29, 0.717) is 6.61 Å². The lowest BCUT2D eigenvalue weighted by Crippen LogP contribution is -2.47. The molecule has 0 atom stereocenters. The minimum absolute atomic E-state index is 0.715. The zero-order chi connectivity index (χ0) is 21.6. The number of aromatic amines is 1. The molecule has 8 nitrogen and oxygen atoms in total. The number of likely N-dealkylation sites (N-methyl/N-ethyl adjacent to an activating group) is 1. The molecule has 8 heteroatoms. The zero-order valence-electron chi connectivity index (χ0n) is 18.8. The monoisotopic (exact) mass is 423 g/mol. The molecule has 1 aromatic carbocycles. The van der Waals surface area contributed by atoms with Crippen LogP contribution in [0.3, 0.4) is 0 Å². The summed E-state index contributed by atoms with van der Waals surface area (Å²) >= 11 is 0. The maximum absolute atomic E-state index is 6.02. The van der Waals surface area contributed by atoms with Crippen LogP contribution in [0.4, 0.5) is 11.5 Å². The number of ether oxygens (including phenoxy) is 1. The van der Waals surface area contributed by atoms with Crippen molar-refractivity contribution < 1.29 is 4.74 Å². The molecule has 1 aliphatic heterocycles. The van der Waals surface area contributed by atoms with Gasteiger partial charge in [-0.2, -0.15) is 5.10 Å². The van der Waals surface area contributed by atoms with E-state index in [-0.39, 0.29) is 0 Å². The lowest BCUT2D eigenvalue weighted by molar-refractivity contribution is 0.223. The second kappa shape index (κ2) is 9.96. The molecule has 1 saturated heterocycles. The third kappa shape index (κ3) is 4.74. The van der Waals surface area contributed by atoms with Gasteiger partial charge in [-0.05, 0) is 31.6 Å². The standard InChI is InChI=1S/C23H33N7O/c1-4-20-21-22(27-26-20)24-17-25-23(21)30-12-10-29(11-13-30)18-8-7-9-19(16-18)31-15-14-28(5-2)6-3/h7-9,16-17H,4-6,10-15H2,1-3H3,(H,24,25,26,27). The van der Waals surface area contributed by atoms with E-state index in [2.05, 4.69) is 73.8 Å². The maximum atomic E-state index is 6.02. The van der Waals surface area contributed by atoms with Gasteiger partial charge in [0.05, 0.1) is 5.39 Å². The van der Waals surface area contributed by atoms with Gasteiger partial charge in [-0.1, -0.05) is 26.8 Å². The van der Waals surface area contributed by atoms with Crippen LogP contribution in [0.25, 0.3) is 11.0 Å². The van der Waals surface area contributed by atoms with Crippen LogP contribution in [-0.2, 0) is 6.42 Å². The average molecular weight is 424 g/mol. The fraction of sp³-hybridized carbons (Fsp3) is 0.522. The van der Waals surface area contributed by atoms with Gasteiger partial charge in [0, 0.05) is 50.2 Å². The highest BCUT2D eigenvalue weighted by Gasteiger charge is 2.22. The summed E-state index contributed by atoms with van der Waals surface area (Å²) in [6.45, 7) is 14.0. The number of benzene rings is 1. The molecule has 2 aromatic heterocycles. The summed E-state index contributed by atoms with van der Waals surface area (Å²) in [7, 11) is 0. The van der Waals surface area contributed by atoms with Gasteiger partial charge in [0.25, 0.3) is 0 Å². The van der Waals surface area contributed by atoms with E-state index >= 15 is 0 Å². The predicted octanol–water partition coefficient (Wildman–Crippen LogP) is 2.96. The smallest absolute Gasteiger partial charge is 0.186 e. The number of hydrogen-bond acceptors (Lipinski definition) is 7. The Kier molecular flexibility index (Phi) is 6.86. The molecule has 166 valence electrons. The third-order valence-electron chi connectivity index (χ3n) is 6.09. The van der Waals surface area contributed by atoms with Crippen LogP contribution in [0.2, 0.25) is 0 Å². The highest BCUT2D eigenvalue weighted by Crippen LogP contribution is 2.28. The Morgan fingerprint density at radius 1 is 1.03 bits per heavy atom. The van der Waals surface area contributed by atoms with Crippen LogP contribution in [0.1, 0.15) is 26.5 Å². The van der Waals surface area contributed by atoms with Crippen molar-refractivity contribution in [2.24, 2.45) is 0 Å². The molecule has 31 heavy (non-hydrogen) atoms. The van der Waals surface area contributed by atoms with E-state index in [0.717, 1.165) is 80.5 Å². The van der Waals surface area contributed by atoms with E-state index in [9.17, 15) is 0 Å².